The second-order valence-corrected chi connectivity index (χ2v) is 3.99. The molecule has 6 heteroatoms. The van der Waals surface area contributed by atoms with Gasteiger partial charge in [0.1, 0.15) is 11.4 Å². The van der Waals surface area contributed by atoms with Gasteiger partial charge in [-0.05, 0) is 23.8 Å². The number of carbonyl (C=O) groups is 1. The minimum atomic E-state index is -0.627. The number of aliphatic hydroxyl groups excluding tert-OH is 1. The Labute approximate surface area is 115 Å². The van der Waals surface area contributed by atoms with Crippen LogP contribution in [-0.4, -0.2) is 23.1 Å². The normalized spacial score (nSPS) is 10.1. The molecule has 1 amide bonds. The van der Waals surface area contributed by atoms with E-state index in [1.807, 2.05) is 0 Å². The van der Waals surface area contributed by atoms with Gasteiger partial charge in [0, 0.05) is 12.3 Å². The highest BCUT2D eigenvalue weighted by Crippen LogP contribution is 2.32. The van der Waals surface area contributed by atoms with E-state index in [0.29, 0.717) is 22.8 Å². The Kier molecular flexibility index (Phi) is 4.17. The van der Waals surface area contributed by atoms with Gasteiger partial charge in [-0.1, -0.05) is 6.07 Å². The van der Waals surface area contributed by atoms with Crippen LogP contribution in [0.4, 0.5) is 0 Å². The Hall–Kier alpha value is -2.60. The van der Waals surface area contributed by atoms with E-state index in [1.165, 1.54) is 19.4 Å². The van der Waals surface area contributed by atoms with E-state index >= 15 is 0 Å². The fraction of sp³-hybridized carbons (Fsp3) is 0.143. The number of carbonyl (C=O) groups excluding carboxylic acids is 1. The molecule has 2 rings (SSSR count). The lowest BCUT2D eigenvalue weighted by Gasteiger charge is -2.11. The molecule has 0 saturated heterocycles. The number of ether oxygens (including phenoxy) is 2. The first-order valence-electron chi connectivity index (χ1n) is 5.85. The number of aliphatic hydroxyl groups is 1. The Balaban J connectivity index is 2.29. The molecule has 0 fully saturated rings. The minimum Gasteiger partial charge on any atom is -0.493 e. The second-order valence-electron chi connectivity index (χ2n) is 3.99. The summed E-state index contributed by atoms with van der Waals surface area (Å²) < 4.78 is 10.8. The second kappa shape index (κ2) is 6.03. The molecule has 104 valence electrons. The van der Waals surface area contributed by atoms with Crippen LogP contribution in [0.25, 0.3) is 0 Å². The van der Waals surface area contributed by atoms with Crippen molar-refractivity contribution in [3.8, 4) is 17.2 Å². The third-order valence-corrected chi connectivity index (χ3v) is 2.62. The van der Waals surface area contributed by atoms with Gasteiger partial charge in [-0.25, -0.2) is 0 Å². The number of rotatable bonds is 5. The number of aromatic nitrogens is 1. The van der Waals surface area contributed by atoms with E-state index in [0.717, 1.165) is 0 Å². The van der Waals surface area contributed by atoms with Crippen LogP contribution in [0.5, 0.6) is 17.2 Å². The third-order valence-electron chi connectivity index (χ3n) is 2.62. The largest absolute Gasteiger partial charge is 0.493 e. The molecule has 0 unspecified atom stereocenters. The van der Waals surface area contributed by atoms with Gasteiger partial charge >= 0.3 is 0 Å². The van der Waals surface area contributed by atoms with Gasteiger partial charge in [-0.2, -0.15) is 0 Å². The molecule has 20 heavy (non-hydrogen) atoms. The molecule has 3 N–H and O–H groups in total. The first-order chi connectivity index (χ1) is 9.63. The molecule has 0 aliphatic rings. The smallest absolute Gasteiger partial charge is 0.267 e. The van der Waals surface area contributed by atoms with Crippen molar-refractivity contribution in [2.24, 2.45) is 5.73 Å². The van der Waals surface area contributed by atoms with Gasteiger partial charge in [0.2, 0.25) is 0 Å². The maximum absolute atomic E-state index is 11.1. The van der Waals surface area contributed by atoms with Crippen LogP contribution in [0.1, 0.15) is 16.1 Å². The standard InChI is InChI=1S/C14H14N2O4/c1-19-13-6-9(8-17)2-3-12(13)20-10-4-5-16-11(7-10)14(15)18/h2-7,17H,8H2,1H3,(H2,15,18). The molecule has 2 aromatic rings. The number of nitrogens with two attached hydrogens (primary N) is 1. The monoisotopic (exact) mass is 274 g/mol. The summed E-state index contributed by atoms with van der Waals surface area (Å²) in [7, 11) is 1.50. The van der Waals surface area contributed by atoms with Crippen molar-refractivity contribution in [2.45, 2.75) is 6.61 Å². The lowest BCUT2D eigenvalue weighted by Crippen LogP contribution is -2.12. The topological polar surface area (TPSA) is 94.7 Å². The summed E-state index contributed by atoms with van der Waals surface area (Å²) in [4.78, 5) is 14.9. The summed E-state index contributed by atoms with van der Waals surface area (Å²) >= 11 is 0. The van der Waals surface area contributed by atoms with Crippen molar-refractivity contribution in [1.29, 1.82) is 0 Å². The molecule has 0 aliphatic heterocycles. The van der Waals surface area contributed by atoms with Gasteiger partial charge in [-0.3, -0.25) is 9.78 Å². The van der Waals surface area contributed by atoms with Gasteiger partial charge < -0.3 is 20.3 Å². The van der Waals surface area contributed by atoms with Crippen LogP contribution in [0, 0.1) is 0 Å². The molecule has 0 radical (unpaired) electrons. The Morgan fingerprint density at radius 2 is 2.10 bits per heavy atom. The number of nitrogens with zero attached hydrogens (tertiary/aromatic N) is 1. The highest BCUT2D eigenvalue weighted by atomic mass is 16.5. The van der Waals surface area contributed by atoms with Crippen molar-refractivity contribution >= 4 is 5.91 Å². The molecule has 0 saturated carbocycles. The van der Waals surface area contributed by atoms with E-state index in [1.54, 1.807) is 24.3 Å². The van der Waals surface area contributed by atoms with Crippen LogP contribution >= 0.6 is 0 Å². The zero-order valence-corrected chi connectivity index (χ0v) is 10.9. The predicted molar refractivity (Wildman–Crippen MR) is 71.7 cm³/mol. The quantitative estimate of drug-likeness (QED) is 0.861. The summed E-state index contributed by atoms with van der Waals surface area (Å²) in [6.45, 7) is -0.0856. The molecule has 1 heterocycles. The number of primary amides is 1. The highest BCUT2D eigenvalue weighted by molar-refractivity contribution is 5.91. The molecular formula is C14H14N2O4. The fourth-order valence-electron chi connectivity index (χ4n) is 1.63. The molecule has 6 nitrogen and oxygen atoms in total. The Bertz CT molecular complexity index is 628. The average molecular weight is 274 g/mol. The zero-order valence-electron chi connectivity index (χ0n) is 10.9. The number of benzene rings is 1. The molecule has 0 aliphatic carbocycles. The maximum atomic E-state index is 11.1. The molecule has 0 atom stereocenters. The van der Waals surface area contributed by atoms with Crippen molar-refractivity contribution in [1.82, 2.24) is 4.98 Å². The molecular weight excluding hydrogens is 260 g/mol. The first kappa shape index (κ1) is 13.8. The molecule has 1 aromatic heterocycles. The van der Waals surface area contributed by atoms with E-state index in [4.69, 9.17) is 20.3 Å². The van der Waals surface area contributed by atoms with E-state index < -0.39 is 5.91 Å². The van der Waals surface area contributed by atoms with Crippen LogP contribution < -0.4 is 15.2 Å². The highest BCUT2D eigenvalue weighted by Gasteiger charge is 2.09. The average Bonchev–Trinajstić information content (AvgIpc) is 2.48. The molecule has 1 aromatic carbocycles. The zero-order chi connectivity index (χ0) is 14.5. The Morgan fingerprint density at radius 3 is 2.75 bits per heavy atom. The number of hydrogen-bond acceptors (Lipinski definition) is 5. The number of pyridine rings is 1. The van der Waals surface area contributed by atoms with Crippen LogP contribution in [0.3, 0.4) is 0 Å². The van der Waals surface area contributed by atoms with Gasteiger partial charge in [0.05, 0.1) is 13.7 Å². The van der Waals surface area contributed by atoms with Gasteiger partial charge in [0.25, 0.3) is 5.91 Å². The van der Waals surface area contributed by atoms with Crippen molar-refractivity contribution in [3.63, 3.8) is 0 Å². The van der Waals surface area contributed by atoms with Crippen molar-refractivity contribution in [3.05, 3.63) is 47.8 Å². The van der Waals surface area contributed by atoms with Crippen LogP contribution in [0.2, 0.25) is 0 Å². The van der Waals surface area contributed by atoms with Crippen LogP contribution in [0.15, 0.2) is 36.5 Å². The lowest BCUT2D eigenvalue weighted by molar-refractivity contribution is 0.0995. The third kappa shape index (κ3) is 3.04. The predicted octanol–water partition coefficient (Wildman–Crippen LogP) is 1.47. The van der Waals surface area contributed by atoms with Crippen LogP contribution in [-0.2, 0) is 6.61 Å². The first-order valence-corrected chi connectivity index (χ1v) is 5.85. The summed E-state index contributed by atoms with van der Waals surface area (Å²) in [6, 6.07) is 8.11. The Morgan fingerprint density at radius 1 is 1.30 bits per heavy atom. The number of methoxy groups -OCH3 is 1. The fourth-order valence-corrected chi connectivity index (χ4v) is 1.63. The summed E-state index contributed by atoms with van der Waals surface area (Å²) in [5.74, 6) is 0.738. The summed E-state index contributed by atoms with van der Waals surface area (Å²) in [5, 5.41) is 9.08. The minimum absolute atomic E-state index is 0.0856. The summed E-state index contributed by atoms with van der Waals surface area (Å²) in [5.41, 5.74) is 5.99. The maximum Gasteiger partial charge on any atom is 0.267 e. The van der Waals surface area contributed by atoms with E-state index in [-0.39, 0.29) is 12.3 Å². The van der Waals surface area contributed by atoms with Crippen molar-refractivity contribution in [2.75, 3.05) is 7.11 Å². The SMILES string of the molecule is COc1cc(CO)ccc1Oc1ccnc(C(N)=O)c1. The summed E-state index contributed by atoms with van der Waals surface area (Å²) in [6.07, 6.45) is 1.43. The lowest BCUT2D eigenvalue weighted by atomic mass is 10.2. The van der Waals surface area contributed by atoms with E-state index in [2.05, 4.69) is 4.98 Å². The van der Waals surface area contributed by atoms with Gasteiger partial charge in [-0.15, -0.1) is 0 Å². The number of hydrogen-bond donors (Lipinski definition) is 2. The van der Waals surface area contributed by atoms with Gasteiger partial charge in [0.15, 0.2) is 11.5 Å². The molecule has 0 bridgehead atoms. The van der Waals surface area contributed by atoms with Crippen molar-refractivity contribution < 1.29 is 19.4 Å². The van der Waals surface area contributed by atoms with E-state index in [9.17, 15) is 4.79 Å². The number of amides is 1. The molecule has 0 spiro atoms.